The van der Waals surface area contributed by atoms with E-state index in [1.54, 1.807) is 12.1 Å². The molecule has 174 valence electrons. The van der Waals surface area contributed by atoms with Gasteiger partial charge in [0.2, 0.25) is 0 Å². The minimum Gasteiger partial charge on any atom is -0.496 e. The molecule has 2 amide bonds. The number of urea groups is 1. The van der Waals surface area contributed by atoms with Gasteiger partial charge in [-0.25, -0.2) is 4.79 Å². The number of methoxy groups -OCH3 is 3. The van der Waals surface area contributed by atoms with Crippen LogP contribution in [0.5, 0.6) is 17.2 Å². The summed E-state index contributed by atoms with van der Waals surface area (Å²) >= 11 is 0. The Kier molecular flexibility index (Phi) is 6.72. The van der Waals surface area contributed by atoms with Gasteiger partial charge in [0.1, 0.15) is 5.75 Å². The molecular weight excluding hydrogens is 422 g/mol. The maximum absolute atomic E-state index is 13.5. The van der Waals surface area contributed by atoms with E-state index in [4.69, 9.17) is 14.2 Å². The molecule has 0 bridgehead atoms. The van der Waals surface area contributed by atoms with Gasteiger partial charge in [0.25, 0.3) is 0 Å². The van der Waals surface area contributed by atoms with E-state index in [-0.39, 0.29) is 5.78 Å². The summed E-state index contributed by atoms with van der Waals surface area (Å²) in [6.07, 6.45) is 5.10. The molecule has 8 nitrogen and oxygen atoms in total. The van der Waals surface area contributed by atoms with Crippen molar-refractivity contribution in [3.05, 3.63) is 59.3 Å². The van der Waals surface area contributed by atoms with Gasteiger partial charge in [0.05, 0.1) is 27.4 Å². The van der Waals surface area contributed by atoms with Gasteiger partial charge in [-0.3, -0.25) is 4.79 Å². The topological polar surface area (TPSA) is 89.1 Å². The van der Waals surface area contributed by atoms with Crippen LogP contribution in [0.1, 0.15) is 41.2 Å². The number of hydrogen-bond acceptors (Lipinski definition) is 6. The molecule has 2 heterocycles. The van der Waals surface area contributed by atoms with Crippen molar-refractivity contribution < 1.29 is 23.8 Å². The number of ether oxygens (including phenoxy) is 3. The highest BCUT2D eigenvalue weighted by atomic mass is 16.5. The molecule has 0 spiro atoms. The highest BCUT2D eigenvalue weighted by Crippen LogP contribution is 2.40. The van der Waals surface area contributed by atoms with Crippen molar-refractivity contribution in [2.24, 2.45) is 0 Å². The average molecular weight is 452 g/mol. The highest BCUT2D eigenvalue weighted by molar-refractivity contribution is 6.10. The summed E-state index contributed by atoms with van der Waals surface area (Å²) in [4.78, 5) is 28.0. The average Bonchev–Trinajstić information content (AvgIpc) is 2.88. The number of nitrogens with one attached hydrogen (secondary N) is 2. The monoisotopic (exact) mass is 451 g/mol. The summed E-state index contributed by atoms with van der Waals surface area (Å²) in [5.41, 5.74) is 2.65. The van der Waals surface area contributed by atoms with E-state index in [1.807, 2.05) is 24.3 Å². The molecule has 2 aromatic rings. The molecule has 0 aliphatic carbocycles. The number of nitrogens with zero attached hydrogens (tertiary/aromatic N) is 1. The van der Waals surface area contributed by atoms with Crippen molar-refractivity contribution in [2.75, 3.05) is 39.3 Å². The standard InChI is InChI=1S/C25H29N3O5/c1-31-20-14-22(33-3)21(32-2)13-18(20)23-19(15-26-25(30)27-23)24(29)16-7-9-17(10-8-16)28-11-5-4-6-12-28/h7-10,13-15,23H,4-6,11-12H2,1-3H3,(H2,26,27,30). The number of benzene rings is 2. The number of anilines is 1. The predicted octanol–water partition coefficient (Wildman–Crippen LogP) is 3.82. The zero-order valence-electron chi connectivity index (χ0n) is 19.1. The number of Topliss-reactive ketones (excluding diaryl/α,β-unsaturated/α-hetero) is 1. The summed E-state index contributed by atoms with van der Waals surface area (Å²) in [5, 5.41) is 5.43. The van der Waals surface area contributed by atoms with Crippen LogP contribution in [-0.2, 0) is 0 Å². The summed E-state index contributed by atoms with van der Waals surface area (Å²) in [6.45, 7) is 2.07. The lowest BCUT2D eigenvalue weighted by Crippen LogP contribution is -2.42. The van der Waals surface area contributed by atoms with Gasteiger partial charge in [-0.1, -0.05) is 0 Å². The van der Waals surface area contributed by atoms with E-state index in [1.165, 1.54) is 46.8 Å². The van der Waals surface area contributed by atoms with Crippen LogP contribution in [0.25, 0.3) is 0 Å². The van der Waals surface area contributed by atoms with Crippen LogP contribution in [-0.4, -0.2) is 46.2 Å². The first kappa shape index (κ1) is 22.5. The first-order valence-corrected chi connectivity index (χ1v) is 11.0. The lowest BCUT2D eigenvalue weighted by Gasteiger charge is -2.29. The third-order valence-electron chi connectivity index (χ3n) is 6.10. The smallest absolute Gasteiger partial charge is 0.319 e. The maximum Gasteiger partial charge on any atom is 0.319 e. The zero-order chi connectivity index (χ0) is 23.4. The van der Waals surface area contributed by atoms with Gasteiger partial charge in [-0.05, 0) is 49.6 Å². The minimum atomic E-state index is -0.720. The third-order valence-corrected chi connectivity index (χ3v) is 6.10. The molecule has 0 saturated carbocycles. The van der Waals surface area contributed by atoms with Crippen molar-refractivity contribution in [3.63, 3.8) is 0 Å². The Balaban J connectivity index is 1.66. The van der Waals surface area contributed by atoms with Crippen molar-refractivity contribution in [1.29, 1.82) is 0 Å². The van der Waals surface area contributed by atoms with Gasteiger partial charge in [-0.2, -0.15) is 0 Å². The Morgan fingerprint density at radius 2 is 1.55 bits per heavy atom. The zero-order valence-corrected chi connectivity index (χ0v) is 19.1. The van der Waals surface area contributed by atoms with Gasteiger partial charge in [-0.15, -0.1) is 0 Å². The molecule has 1 fully saturated rings. The largest absolute Gasteiger partial charge is 0.496 e. The molecule has 8 heteroatoms. The van der Waals surface area contributed by atoms with E-state index in [0.717, 1.165) is 18.8 Å². The van der Waals surface area contributed by atoms with Gasteiger partial charge in [0, 0.05) is 47.7 Å². The summed E-state index contributed by atoms with van der Waals surface area (Å²) in [7, 11) is 4.59. The van der Waals surface area contributed by atoms with E-state index >= 15 is 0 Å². The summed E-state index contributed by atoms with van der Waals surface area (Å²) in [5.74, 6) is 1.25. The number of piperidine rings is 1. The quantitative estimate of drug-likeness (QED) is 0.622. The molecule has 1 unspecified atom stereocenters. The Labute approximate surface area is 193 Å². The first-order chi connectivity index (χ1) is 16.0. The predicted molar refractivity (Wildman–Crippen MR) is 125 cm³/mol. The molecule has 33 heavy (non-hydrogen) atoms. The van der Waals surface area contributed by atoms with Crippen LogP contribution in [0.4, 0.5) is 10.5 Å². The molecule has 1 atom stereocenters. The minimum absolute atomic E-state index is 0.186. The molecule has 0 radical (unpaired) electrons. The Morgan fingerprint density at radius 3 is 2.18 bits per heavy atom. The van der Waals surface area contributed by atoms with Crippen LogP contribution in [0.3, 0.4) is 0 Å². The van der Waals surface area contributed by atoms with Gasteiger partial charge < -0.3 is 29.7 Å². The van der Waals surface area contributed by atoms with Crippen molar-refractivity contribution >= 4 is 17.5 Å². The number of carbonyl (C=O) groups is 2. The van der Waals surface area contributed by atoms with E-state index in [0.29, 0.717) is 33.9 Å². The second kappa shape index (κ2) is 9.85. The van der Waals surface area contributed by atoms with Crippen molar-refractivity contribution in [1.82, 2.24) is 10.6 Å². The third kappa shape index (κ3) is 4.60. The molecule has 2 N–H and O–H groups in total. The molecule has 1 saturated heterocycles. The first-order valence-electron chi connectivity index (χ1n) is 11.0. The van der Waals surface area contributed by atoms with Gasteiger partial charge >= 0.3 is 6.03 Å². The van der Waals surface area contributed by atoms with Crippen LogP contribution in [0.2, 0.25) is 0 Å². The number of amides is 2. The fourth-order valence-electron chi connectivity index (χ4n) is 4.34. The SMILES string of the molecule is COc1cc(OC)c(C2NC(=O)NC=C2C(=O)c2ccc(N3CCCCC3)cc2)cc1OC. The van der Waals surface area contributed by atoms with E-state index in [2.05, 4.69) is 15.5 Å². The molecule has 2 aromatic carbocycles. The summed E-state index contributed by atoms with van der Waals surface area (Å²) < 4.78 is 16.3. The lowest BCUT2D eigenvalue weighted by molar-refractivity contribution is 0.102. The second-order valence-corrected chi connectivity index (χ2v) is 8.02. The molecule has 2 aliphatic rings. The number of ketones is 1. The second-order valence-electron chi connectivity index (χ2n) is 8.02. The van der Waals surface area contributed by atoms with Crippen LogP contribution >= 0.6 is 0 Å². The normalized spacial score (nSPS) is 18.0. The number of rotatable bonds is 7. The maximum atomic E-state index is 13.5. The highest BCUT2D eigenvalue weighted by Gasteiger charge is 2.32. The number of hydrogen-bond donors (Lipinski definition) is 2. The molecular formula is C25H29N3O5. The van der Waals surface area contributed by atoms with E-state index < -0.39 is 12.1 Å². The van der Waals surface area contributed by atoms with Gasteiger partial charge in [0.15, 0.2) is 17.3 Å². The number of carbonyl (C=O) groups excluding carboxylic acids is 2. The lowest BCUT2D eigenvalue weighted by atomic mass is 9.91. The Hall–Kier alpha value is -3.68. The Bertz CT molecular complexity index is 1060. The van der Waals surface area contributed by atoms with E-state index in [9.17, 15) is 9.59 Å². The fourth-order valence-corrected chi connectivity index (χ4v) is 4.34. The molecule has 2 aliphatic heterocycles. The Morgan fingerprint density at radius 1 is 0.909 bits per heavy atom. The summed E-state index contributed by atoms with van der Waals surface area (Å²) in [6, 6.07) is 9.92. The molecule has 4 rings (SSSR count). The van der Waals surface area contributed by atoms with Crippen LogP contribution in [0, 0.1) is 0 Å². The van der Waals surface area contributed by atoms with Crippen LogP contribution < -0.4 is 29.7 Å². The molecule has 0 aromatic heterocycles. The fraction of sp³-hybridized carbons (Fsp3) is 0.360. The van der Waals surface area contributed by atoms with Crippen LogP contribution in [0.15, 0.2) is 48.2 Å². The van der Waals surface area contributed by atoms with Crippen molar-refractivity contribution in [2.45, 2.75) is 25.3 Å². The van der Waals surface area contributed by atoms with Crippen molar-refractivity contribution in [3.8, 4) is 17.2 Å².